The number of nitriles is 3. The molecule has 0 fully saturated rings. The second-order valence-corrected chi connectivity index (χ2v) is 9.73. The first kappa shape index (κ1) is 26.9. The summed E-state index contributed by atoms with van der Waals surface area (Å²) in [5, 5.41) is 30.5. The molecule has 11 nitrogen and oxygen atoms in total. The van der Waals surface area contributed by atoms with E-state index in [0.717, 1.165) is 0 Å². The molecule has 192 valence electrons. The Kier molecular flexibility index (Phi) is 7.36. The first-order chi connectivity index (χ1) is 17.4. The quantitative estimate of drug-likeness (QED) is 0.605. The Labute approximate surface area is 215 Å². The van der Waals surface area contributed by atoms with Gasteiger partial charge >= 0.3 is 6.09 Å². The van der Waals surface area contributed by atoms with Crippen LogP contribution in [0.2, 0.25) is 0 Å². The van der Waals surface area contributed by atoms with E-state index in [4.69, 9.17) is 25.7 Å². The average molecular weight is 505 g/mol. The molecule has 0 bridgehead atoms. The number of methoxy groups -OCH3 is 1. The molecule has 0 unspecified atom stereocenters. The van der Waals surface area contributed by atoms with Crippen LogP contribution in [0.1, 0.15) is 32.3 Å². The van der Waals surface area contributed by atoms with E-state index in [9.17, 15) is 25.4 Å². The Morgan fingerprint density at radius 1 is 1.19 bits per heavy atom. The highest BCUT2D eigenvalue weighted by molar-refractivity contribution is 5.75. The molecule has 1 heterocycles. The van der Waals surface area contributed by atoms with Gasteiger partial charge in [0.15, 0.2) is 23.5 Å². The lowest BCUT2D eigenvalue weighted by Crippen LogP contribution is -2.50. The minimum absolute atomic E-state index is 0.0570. The third-order valence-corrected chi connectivity index (χ3v) is 6.23. The van der Waals surface area contributed by atoms with Gasteiger partial charge in [-0.2, -0.15) is 15.8 Å². The maximum absolute atomic E-state index is 12.9. The zero-order chi connectivity index (χ0) is 27.5. The summed E-state index contributed by atoms with van der Waals surface area (Å²) in [6, 6.07) is 10.9. The maximum Gasteiger partial charge on any atom is 0.410 e. The maximum atomic E-state index is 12.9. The van der Waals surface area contributed by atoms with E-state index < -0.39 is 34.9 Å². The Bertz CT molecular complexity index is 1290. The highest BCUT2D eigenvalue weighted by Gasteiger charge is 2.55. The SMILES string of the molecule is COc1cc([C@H]2[C@H]3CN(C(=O)OC(C)(C)C)CC=C3C(C#N)=C(N)C2(C#N)C#N)ccc1OCC(N)=O. The fraction of sp³-hybridized carbons (Fsp3) is 0.423. The molecule has 4 N–H and O–H groups in total. The van der Waals surface area contributed by atoms with Crippen LogP contribution in [-0.2, 0) is 9.53 Å². The molecule has 37 heavy (non-hydrogen) atoms. The highest BCUT2D eigenvalue weighted by atomic mass is 16.6. The monoisotopic (exact) mass is 504 g/mol. The summed E-state index contributed by atoms with van der Waals surface area (Å²) in [6.45, 7) is 5.13. The van der Waals surface area contributed by atoms with Gasteiger partial charge in [0.2, 0.25) is 0 Å². The molecule has 11 heteroatoms. The van der Waals surface area contributed by atoms with Crippen molar-refractivity contribution in [2.75, 3.05) is 26.8 Å². The number of nitrogens with two attached hydrogens (primary N) is 2. The van der Waals surface area contributed by atoms with Gasteiger partial charge < -0.3 is 30.6 Å². The molecule has 2 aliphatic rings. The first-order valence-electron chi connectivity index (χ1n) is 11.4. The fourth-order valence-corrected chi connectivity index (χ4v) is 4.68. The lowest BCUT2D eigenvalue weighted by molar-refractivity contribution is -0.119. The van der Waals surface area contributed by atoms with Crippen LogP contribution >= 0.6 is 0 Å². The van der Waals surface area contributed by atoms with Gasteiger partial charge in [0.1, 0.15) is 11.7 Å². The molecule has 2 atom stereocenters. The minimum Gasteiger partial charge on any atom is -0.493 e. The smallest absolute Gasteiger partial charge is 0.410 e. The van der Waals surface area contributed by atoms with Crippen LogP contribution in [0, 0.1) is 45.3 Å². The summed E-state index contributed by atoms with van der Waals surface area (Å²) < 4.78 is 16.4. The number of amides is 2. The number of nitrogens with zero attached hydrogens (tertiary/aromatic N) is 4. The zero-order valence-corrected chi connectivity index (χ0v) is 21.1. The molecule has 0 saturated heterocycles. The van der Waals surface area contributed by atoms with Gasteiger partial charge in [-0.3, -0.25) is 4.79 Å². The fourth-order valence-electron chi connectivity index (χ4n) is 4.68. The molecule has 2 amide bonds. The number of rotatable bonds is 5. The van der Waals surface area contributed by atoms with Crippen molar-refractivity contribution in [1.82, 2.24) is 4.90 Å². The van der Waals surface area contributed by atoms with Gasteiger partial charge in [-0.1, -0.05) is 12.1 Å². The predicted octanol–water partition coefficient (Wildman–Crippen LogP) is 2.22. The molecule has 1 aromatic rings. The van der Waals surface area contributed by atoms with E-state index in [2.05, 4.69) is 6.07 Å². The van der Waals surface area contributed by atoms with Gasteiger partial charge in [-0.05, 0) is 44.0 Å². The van der Waals surface area contributed by atoms with Gasteiger partial charge in [-0.15, -0.1) is 0 Å². The van der Waals surface area contributed by atoms with E-state index in [0.29, 0.717) is 11.1 Å². The second-order valence-electron chi connectivity index (χ2n) is 9.73. The zero-order valence-electron chi connectivity index (χ0n) is 21.1. The van der Waals surface area contributed by atoms with Crippen LogP contribution in [0.3, 0.4) is 0 Å². The summed E-state index contributed by atoms with van der Waals surface area (Å²) >= 11 is 0. The van der Waals surface area contributed by atoms with Gasteiger partial charge in [0, 0.05) is 24.9 Å². The molecular formula is C26H28N6O5. The van der Waals surface area contributed by atoms with Gasteiger partial charge in [0.25, 0.3) is 5.91 Å². The lowest BCUT2D eigenvalue weighted by atomic mass is 9.58. The molecule has 0 spiro atoms. The van der Waals surface area contributed by atoms with Crippen molar-refractivity contribution in [3.63, 3.8) is 0 Å². The van der Waals surface area contributed by atoms with Crippen LogP contribution in [0.5, 0.6) is 11.5 Å². The van der Waals surface area contributed by atoms with Gasteiger partial charge in [-0.25, -0.2) is 4.79 Å². The highest BCUT2D eigenvalue weighted by Crippen LogP contribution is 2.55. The summed E-state index contributed by atoms with van der Waals surface area (Å²) in [4.78, 5) is 25.5. The van der Waals surface area contributed by atoms with Crippen molar-refractivity contribution in [1.29, 1.82) is 15.8 Å². The number of hydrogen-bond donors (Lipinski definition) is 2. The van der Waals surface area contributed by atoms with Crippen LogP contribution in [0.25, 0.3) is 0 Å². The minimum atomic E-state index is -1.91. The van der Waals surface area contributed by atoms with E-state index in [1.165, 1.54) is 18.1 Å². The van der Waals surface area contributed by atoms with Crippen LogP contribution in [-0.4, -0.2) is 49.3 Å². The molecule has 1 aliphatic heterocycles. The summed E-state index contributed by atoms with van der Waals surface area (Å²) in [5.74, 6) is -1.72. The number of fused-ring (bicyclic) bond motifs is 1. The van der Waals surface area contributed by atoms with Gasteiger partial charge in [0.05, 0.1) is 30.5 Å². The Morgan fingerprint density at radius 3 is 2.41 bits per heavy atom. The Morgan fingerprint density at radius 2 is 1.86 bits per heavy atom. The van der Waals surface area contributed by atoms with Crippen molar-refractivity contribution in [2.45, 2.75) is 32.3 Å². The first-order valence-corrected chi connectivity index (χ1v) is 11.4. The largest absolute Gasteiger partial charge is 0.493 e. The van der Waals surface area contributed by atoms with Crippen molar-refractivity contribution in [3.8, 4) is 29.7 Å². The van der Waals surface area contributed by atoms with E-state index in [1.807, 2.05) is 12.1 Å². The van der Waals surface area contributed by atoms with Crippen molar-refractivity contribution < 1.29 is 23.8 Å². The standard InChI is InChI=1S/C26H28N6O5/c1-25(2,3)37-24(34)32-8-7-16-17(10-27)23(31)26(13-28,14-29)22(18(16)11-32)15-5-6-19(20(9-15)35-4)36-12-21(30)33/h5-7,9,18,22H,8,11-12,31H2,1-4H3,(H2,30,33)/t18-,22-/m0/s1. The topological polar surface area (TPSA) is 188 Å². The summed E-state index contributed by atoms with van der Waals surface area (Å²) in [7, 11) is 1.40. The van der Waals surface area contributed by atoms with Crippen molar-refractivity contribution in [3.05, 3.63) is 46.7 Å². The molecule has 0 aromatic heterocycles. The van der Waals surface area contributed by atoms with E-state index in [1.54, 1.807) is 39.0 Å². The third kappa shape index (κ3) is 5.00. The summed E-state index contributed by atoms with van der Waals surface area (Å²) in [5.41, 5.74) is 9.83. The Hall–Kier alpha value is -4.69. The van der Waals surface area contributed by atoms with E-state index >= 15 is 0 Å². The number of allylic oxidation sites excluding steroid dienone is 2. The molecule has 0 radical (unpaired) electrons. The molecular weight excluding hydrogens is 476 g/mol. The normalized spacial score (nSPS) is 20.4. The third-order valence-electron chi connectivity index (χ3n) is 6.23. The summed E-state index contributed by atoms with van der Waals surface area (Å²) in [6.07, 6.45) is 1.14. The average Bonchev–Trinajstić information content (AvgIpc) is 2.85. The Balaban J connectivity index is 2.18. The van der Waals surface area contributed by atoms with Crippen molar-refractivity contribution >= 4 is 12.0 Å². The second kappa shape index (κ2) is 10.1. The number of carbonyl (C=O) groups is 2. The molecule has 3 rings (SSSR count). The number of ether oxygens (including phenoxy) is 3. The van der Waals surface area contributed by atoms with Crippen LogP contribution < -0.4 is 20.9 Å². The van der Waals surface area contributed by atoms with Crippen LogP contribution in [0.4, 0.5) is 4.79 Å². The number of primary amides is 1. The lowest BCUT2D eigenvalue weighted by Gasteiger charge is -2.45. The van der Waals surface area contributed by atoms with Crippen molar-refractivity contribution in [2.24, 2.45) is 22.8 Å². The number of benzene rings is 1. The predicted molar refractivity (Wildman–Crippen MR) is 130 cm³/mol. The molecule has 0 saturated carbocycles. The molecule has 1 aromatic carbocycles. The van der Waals surface area contributed by atoms with E-state index in [-0.39, 0.29) is 42.5 Å². The number of hydrogen-bond acceptors (Lipinski definition) is 9. The number of carbonyl (C=O) groups excluding carboxylic acids is 2. The van der Waals surface area contributed by atoms with Crippen LogP contribution in [0.15, 0.2) is 41.1 Å². The molecule has 1 aliphatic carbocycles.